The number of hydrogen-bond donors (Lipinski definition) is 5. The van der Waals surface area contributed by atoms with Crippen LogP contribution in [0.3, 0.4) is 0 Å². The number of carbonyl (C=O) groups excluding carboxylic acids is 5. The van der Waals surface area contributed by atoms with Gasteiger partial charge in [-0.05, 0) is 35.5 Å². The molecule has 5 N–H and O–H groups in total. The maximum absolute atomic E-state index is 14.3. The number of ketones is 1. The third-order valence-electron chi connectivity index (χ3n) is 12.0. The predicted octanol–water partition coefficient (Wildman–Crippen LogP) is 9.31. The summed E-state index contributed by atoms with van der Waals surface area (Å²) in [7, 11) is 6.82. The molecule has 402 valence electrons. The zero-order valence-electron chi connectivity index (χ0n) is 42.9. The second kappa shape index (κ2) is 25.7. The van der Waals surface area contributed by atoms with E-state index in [1.165, 1.54) is 82.2 Å². The standard InChI is InChI=1S/C50H50N12O7S6.CH3I/c1-23(2)27-15-33(63)38-24(3)74-49(60-38)29(16-36(64)51-4)54-43(67)31-20-70-45(56-31)26-13-14-28(47-58-35(22-73-47)62(5)6)53-39(26)30-19-71-48(55-30)32-21-72-50(57-32)41(42(66)25-11-9-8-10-12-25)59-37(65)17-52-44(68)40-34(18-69-7)75-46(27)61-40;1-2/h8-14,19-23,27,29,41-42,66H,15-18H2,1-7H3,(H,51,64)(H,52,68)(H,54,67)(H,59,65);1H3. The molecule has 7 aromatic heterocycles. The van der Waals surface area contributed by atoms with Gasteiger partial charge in [0.15, 0.2) is 5.78 Å². The Morgan fingerprint density at radius 2 is 1.45 bits per heavy atom. The monoisotopic (exact) mass is 1260 g/mol. The number of halogens is 1. The topological polar surface area (TPSA) is 256 Å². The minimum Gasteiger partial charge on any atom is -0.386 e. The fourth-order valence-electron chi connectivity index (χ4n) is 8.04. The summed E-state index contributed by atoms with van der Waals surface area (Å²) >= 11 is 9.84. The number of nitrogens with zero attached hydrogens (tertiary/aromatic N) is 8. The number of carbonyl (C=O) groups is 5. The average Bonchev–Trinajstić information content (AvgIpc) is 4.30. The number of ether oxygens (including phenoxy) is 1. The number of rotatable bonds is 9. The quantitative estimate of drug-likeness (QED) is 0.0666. The highest BCUT2D eigenvalue weighted by Crippen LogP contribution is 2.41. The Kier molecular flexibility index (Phi) is 19.2. The normalized spacial score (nSPS) is 16.6. The van der Waals surface area contributed by atoms with E-state index in [1.54, 1.807) is 41.9 Å². The molecule has 0 spiro atoms. The van der Waals surface area contributed by atoms with Gasteiger partial charge in [0.05, 0.1) is 41.2 Å². The van der Waals surface area contributed by atoms with Gasteiger partial charge in [-0.15, -0.1) is 68.0 Å². The zero-order chi connectivity index (χ0) is 55.1. The van der Waals surface area contributed by atoms with Crippen LogP contribution in [-0.2, 0) is 20.9 Å². The highest BCUT2D eigenvalue weighted by Gasteiger charge is 2.33. The number of hydrogen-bond acceptors (Lipinski definition) is 21. The predicted molar refractivity (Wildman–Crippen MR) is 313 cm³/mol. The second-order valence-corrected chi connectivity index (χ2v) is 23.6. The number of anilines is 1. The molecule has 26 heteroatoms. The lowest BCUT2D eigenvalue weighted by molar-refractivity contribution is -0.122. The molecular formula is C51H53IN12O7S6. The Bertz CT molecular complexity index is 3400. The zero-order valence-corrected chi connectivity index (χ0v) is 49.9. The maximum atomic E-state index is 14.3. The summed E-state index contributed by atoms with van der Waals surface area (Å²) in [5, 5.41) is 33.2. The van der Waals surface area contributed by atoms with Gasteiger partial charge in [0.25, 0.3) is 11.8 Å². The lowest BCUT2D eigenvalue weighted by Crippen LogP contribution is -2.40. The molecule has 8 heterocycles. The molecular weight excluding hydrogens is 1210 g/mol. The average molecular weight is 1270 g/mol. The van der Waals surface area contributed by atoms with E-state index >= 15 is 0 Å². The van der Waals surface area contributed by atoms with Gasteiger partial charge in [0.2, 0.25) is 11.8 Å². The molecule has 0 radical (unpaired) electrons. The Hall–Kier alpha value is -5.85. The van der Waals surface area contributed by atoms with Crippen molar-refractivity contribution in [2.75, 3.05) is 44.6 Å². The van der Waals surface area contributed by atoms with Crippen LogP contribution in [0.15, 0.2) is 64.0 Å². The Morgan fingerprint density at radius 1 is 0.766 bits per heavy atom. The van der Waals surface area contributed by atoms with Crippen LogP contribution in [0, 0.1) is 12.8 Å². The summed E-state index contributed by atoms with van der Waals surface area (Å²) in [4.78, 5) is 108. The number of amides is 4. The van der Waals surface area contributed by atoms with Crippen molar-refractivity contribution in [1.29, 1.82) is 0 Å². The third kappa shape index (κ3) is 13.2. The molecule has 10 bridgehead atoms. The van der Waals surface area contributed by atoms with E-state index in [9.17, 15) is 29.1 Å². The van der Waals surface area contributed by atoms with Crippen molar-refractivity contribution in [3.05, 3.63) is 111 Å². The summed E-state index contributed by atoms with van der Waals surface area (Å²) in [6.07, 6.45) is -1.40. The number of Topliss-reactive ketones (excluding diaryl/α,β-unsaturated/α-hetero) is 1. The molecule has 0 saturated heterocycles. The van der Waals surface area contributed by atoms with Gasteiger partial charge in [-0.25, -0.2) is 34.9 Å². The van der Waals surface area contributed by atoms with Gasteiger partial charge < -0.3 is 36.0 Å². The summed E-state index contributed by atoms with van der Waals surface area (Å²) < 4.78 is 5.46. The van der Waals surface area contributed by atoms with Crippen LogP contribution < -0.4 is 26.2 Å². The molecule has 4 atom stereocenters. The number of pyridine rings is 1. The molecule has 1 aliphatic heterocycles. The number of methoxy groups -OCH3 is 1. The van der Waals surface area contributed by atoms with Crippen molar-refractivity contribution < 1.29 is 33.8 Å². The van der Waals surface area contributed by atoms with E-state index in [2.05, 4.69) is 43.9 Å². The minimum absolute atomic E-state index is 0.0103. The van der Waals surface area contributed by atoms with Crippen LogP contribution in [-0.4, -0.2) is 109 Å². The van der Waals surface area contributed by atoms with E-state index in [-0.39, 0.29) is 54.1 Å². The fourth-order valence-corrected chi connectivity index (χ4v) is 13.7. The number of benzene rings is 1. The number of thiazole rings is 6. The van der Waals surface area contributed by atoms with Gasteiger partial charge >= 0.3 is 0 Å². The first kappa shape index (κ1) is 57.3. The van der Waals surface area contributed by atoms with Crippen molar-refractivity contribution in [3.8, 4) is 43.4 Å². The first-order valence-corrected chi connectivity index (χ1v) is 31.1. The van der Waals surface area contributed by atoms with Gasteiger partial charge in [-0.2, -0.15) is 0 Å². The molecule has 19 nitrogen and oxygen atoms in total. The molecule has 77 heavy (non-hydrogen) atoms. The fraction of sp³-hybridized carbons (Fsp3) is 0.333. The summed E-state index contributed by atoms with van der Waals surface area (Å²) in [5.74, 6) is -2.20. The van der Waals surface area contributed by atoms with Crippen molar-refractivity contribution in [3.63, 3.8) is 0 Å². The summed E-state index contributed by atoms with van der Waals surface area (Å²) in [5.41, 5.74) is 3.53. The van der Waals surface area contributed by atoms with Crippen molar-refractivity contribution in [1.82, 2.24) is 56.2 Å². The largest absolute Gasteiger partial charge is 0.386 e. The third-order valence-corrected chi connectivity index (χ3v) is 17.8. The Morgan fingerprint density at radius 3 is 2.17 bits per heavy atom. The molecule has 0 saturated carbocycles. The molecule has 0 aliphatic carbocycles. The second-order valence-electron chi connectivity index (χ2n) is 17.8. The van der Waals surface area contributed by atoms with E-state index < -0.39 is 48.4 Å². The smallest absolute Gasteiger partial charge is 0.271 e. The van der Waals surface area contributed by atoms with E-state index in [0.29, 0.717) is 73.7 Å². The minimum atomic E-state index is -1.23. The summed E-state index contributed by atoms with van der Waals surface area (Å²) in [6, 6.07) is 10.7. The van der Waals surface area contributed by atoms with Crippen LogP contribution in [0.5, 0.6) is 0 Å². The van der Waals surface area contributed by atoms with Crippen LogP contribution >= 0.6 is 90.6 Å². The number of aliphatic hydroxyl groups excluding tert-OH is 1. The van der Waals surface area contributed by atoms with Gasteiger partial charge in [-0.3, -0.25) is 24.0 Å². The van der Waals surface area contributed by atoms with E-state index in [4.69, 9.17) is 39.6 Å². The van der Waals surface area contributed by atoms with E-state index in [1.807, 2.05) is 66.7 Å². The highest BCUT2D eigenvalue weighted by atomic mass is 127. The van der Waals surface area contributed by atoms with Crippen LogP contribution in [0.4, 0.5) is 5.82 Å². The van der Waals surface area contributed by atoms with Gasteiger partial charge in [0, 0.05) is 72.6 Å². The Labute approximate surface area is 481 Å². The molecule has 8 aromatic rings. The van der Waals surface area contributed by atoms with Crippen molar-refractivity contribution in [2.24, 2.45) is 5.92 Å². The number of fused-ring (bicyclic) bond motifs is 14. The van der Waals surface area contributed by atoms with Crippen LogP contribution in [0.1, 0.15) is 113 Å². The highest BCUT2D eigenvalue weighted by molar-refractivity contribution is 14.1. The van der Waals surface area contributed by atoms with Gasteiger partial charge in [-0.1, -0.05) is 66.8 Å². The molecule has 0 fully saturated rings. The maximum Gasteiger partial charge on any atom is 0.271 e. The lowest BCUT2D eigenvalue weighted by Gasteiger charge is -2.23. The van der Waals surface area contributed by atoms with Gasteiger partial charge in [0.1, 0.15) is 77.2 Å². The SMILES string of the molecule is CI.CNC(=O)CC1NC(=O)c2csc(n2)-c2ccc(-c3nc(N(C)C)cs3)nc2-c2csc(n2)-c2csc(n2)C(C(O)c2ccccc2)NC(=O)CNC(=O)c2nc(sc2COC)C(C(C)C)CC(=O)c2nc1sc2C. The number of nitrogens with one attached hydrogen (secondary N) is 4. The Balaban J connectivity index is 0.00000387. The number of aryl methyl sites for hydroxylation is 1. The number of aliphatic hydroxyl groups is 1. The first-order chi connectivity index (χ1) is 37.1. The van der Waals surface area contributed by atoms with Crippen LogP contribution in [0.25, 0.3) is 43.4 Å². The molecule has 4 unspecified atom stereocenters. The first-order valence-electron chi connectivity index (χ1n) is 23.8. The van der Waals surface area contributed by atoms with Crippen molar-refractivity contribution >= 4 is 126 Å². The molecule has 9 rings (SSSR count). The lowest BCUT2D eigenvalue weighted by atomic mass is 9.90. The van der Waals surface area contributed by atoms with Crippen LogP contribution in [0.2, 0.25) is 0 Å². The van der Waals surface area contributed by atoms with E-state index in [0.717, 1.165) is 5.82 Å². The molecule has 1 aromatic carbocycles. The molecule has 1 aliphatic rings. The molecule has 4 amide bonds. The number of alkyl halides is 1. The summed E-state index contributed by atoms with van der Waals surface area (Å²) in [6.45, 7) is 5.26. The number of aromatic nitrogens is 7. The van der Waals surface area contributed by atoms with Crippen molar-refractivity contribution in [2.45, 2.75) is 64.3 Å².